The van der Waals surface area contributed by atoms with Gasteiger partial charge in [0.15, 0.2) is 0 Å². The van der Waals surface area contributed by atoms with Crippen molar-refractivity contribution in [1.29, 1.82) is 0 Å². The summed E-state index contributed by atoms with van der Waals surface area (Å²) in [5.74, 6) is 0. The Morgan fingerprint density at radius 3 is 2.56 bits per heavy atom. The Labute approximate surface area is 116 Å². The molecule has 0 aromatic heterocycles. The van der Waals surface area contributed by atoms with Crippen LogP contribution in [0.1, 0.15) is 38.3 Å². The Morgan fingerprint density at radius 2 is 1.94 bits per heavy atom. The van der Waals surface area contributed by atoms with E-state index in [0.29, 0.717) is 6.04 Å². The molecule has 0 fully saturated rings. The van der Waals surface area contributed by atoms with Gasteiger partial charge in [0.25, 0.3) is 0 Å². The minimum atomic E-state index is 0.385. The van der Waals surface area contributed by atoms with Crippen LogP contribution >= 0.6 is 11.8 Å². The van der Waals surface area contributed by atoms with Crippen molar-refractivity contribution in [1.82, 2.24) is 5.32 Å². The van der Waals surface area contributed by atoms with Gasteiger partial charge >= 0.3 is 0 Å². The lowest BCUT2D eigenvalue weighted by molar-refractivity contribution is 0.131. The molecule has 0 aliphatic carbocycles. The zero-order valence-electron chi connectivity index (χ0n) is 11.7. The maximum Gasteiger partial charge on any atom is 0.0591 e. The molecule has 1 aromatic carbocycles. The van der Waals surface area contributed by atoms with E-state index in [0.717, 1.165) is 26.2 Å². The molecule has 0 saturated heterocycles. The number of ether oxygens (including phenoxy) is 1. The van der Waals surface area contributed by atoms with Gasteiger partial charge in [-0.05, 0) is 37.3 Å². The van der Waals surface area contributed by atoms with Gasteiger partial charge in [0.2, 0.25) is 0 Å². The van der Waals surface area contributed by atoms with Crippen LogP contribution in [0.5, 0.6) is 0 Å². The lowest BCUT2D eigenvalue weighted by atomic mass is 10.1. The highest BCUT2D eigenvalue weighted by Crippen LogP contribution is 2.18. The summed E-state index contributed by atoms with van der Waals surface area (Å²) in [7, 11) is 0. The fraction of sp³-hybridized carbons (Fsp3) is 0.600. The Morgan fingerprint density at radius 1 is 1.22 bits per heavy atom. The van der Waals surface area contributed by atoms with Crippen molar-refractivity contribution in [3.63, 3.8) is 0 Å². The third-order valence-corrected chi connectivity index (χ3v) is 3.70. The van der Waals surface area contributed by atoms with Crippen molar-refractivity contribution in [3.05, 3.63) is 29.8 Å². The summed E-state index contributed by atoms with van der Waals surface area (Å²) in [5.41, 5.74) is 1.33. The van der Waals surface area contributed by atoms with Crippen molar-refractivity contribution < 1.29 is 4.74 Å². The largest absolute Gasteiger partial charge is 0.380 e. The van der Waals surface area contributed by atoms with Gasteiger partial charge < -0.3 is 10.1 Å². The first-order valence-corrected chi connectivity index (χ1v) is 7.95. The molecular weight excluding hydrogens is 242 g/mol. The van der Waals surface area contributed by atoms with E-state index < -0.39 is 0 Å². The number of thioether (sulfide) groups is 1. The molecule has 0 aliphatic rings. The lowest BCUT2D eigenvalue weighted by Crippen LogP contribution is -2.23. The van der Waals surface area contributed by atoms with Gasteiger partial charge in [0.05, 0.1) is 6.61 Å². The van der Waals surface area contributed by atoms with Crippen LogP contribution in [0.2, 0.25) is 0 Å². The van der Waals surface area contributed by atoms with Crippen LogP contribution in [-0.2, 0) is 4.74 Å². The molecule has 1 atom stereocenters. The molecule has 102 valence electrons. The molecule has 2 nitrogen and oxygen atoms in total. The fourth-order valence-corrected chi connectivity index (χ4v) is 2.11. The number of rotatable bonds is 9. The minimum Gasteiger partial charge on any atom is -0.380 e. The van der Waals surface area contributed by atoms with E-state index in [4.69, 9.17) is 4.74 Å². The van der Waals surface area contributed by atoms with Crippen molar-refractivity contribution >= 4 is 11.8 Å². The molecule has 0 aliphatic heterocycles. The summed E-state index contributed by atoms with van der Waals surface area (Å²) < 4.78 is 5.53. The van der Waals surface area contributed by atoms with E-state index in [1.807, 2.05) is 0 Å². The number of benzene rings is 1. The summed E-state index contributed by atoms with van der Waals surface area (Å²) in [5, 5.41) is 3.48. The lowest BCUT2D eigenvalue weighted by Gasteiger charge is -2.14. The van der Waals surface area contributed by atoms with Crippen LogP contribution in [0.25, 0.3) is 0 Å². The molecule has 3 heteroatoms. The highest BCUT2D eigenvalue weighted by atomic mass is 32.2. The molecule has 0 saturated carbocycles. The van der Waals surface area contributed by atoms with Gasteiger partial charge in [0.1, 0.15) is 0 Å². The topological polar surface area (TPSA) is 21.3 Å². The van der Waals surface area contributed by atoms with Gasteiger partial charge in [0, 0.05) is 24.1 Å². The first kappa shape index (κ1) is 15.5. The molecule has 1 rings (SSSR count). The van der Waals surface area contributed by atoms with Crippen LogP contribution in [0, 0.1) is 0 Å². The number of nitrogens with one attached hydrogen (secondary N) is 1. The second-order valence-corrected chi connectivity index (χ2v) is 5.29. The smallest absolute Gasteiger partial charge is 0.0591 e. The Balaban J connectivity index is 2.21. The third-order valence-electron chi connectivity index (χ3n) is 2.95. The van der Waals surface area contributed by atoms with E-state index in [-0.39, 0.29) is 0 Å². The van der Waals surface area contributed by atoms with Crippen molar-refractivity contribution in [2.24, 2.45) is 0 Å². The van der Waals surface area contributed by atoms with Crippen molar-refractivity contribution in [3.8, 4) is 0 Å². The zero-order chi connectivity index (χ0) is 13.2. The standard InChI is InChI=1S/C15H25NOS/c1-4-5-11-17-12-10-16-13(2)14-6-8-15(18-3)9-7-14/h6-9,13,16H,4-5,10-12H2,1-3H3. The average molecular weight is 267 g/mol. The van der Waals surface area contributed by atoms with Crippen molar-refractivity contribution in [2.45, 2.75) is 37.6 Å². The molecule has 0 spiro atoms. The third kappa shape index (κ3) is 5.89. The maximum absolute atomic E-state index is 5.53. The molecule has 1 N–H and O–H groups in total. The predicted octanol–water partition coefficient (Wildman–Crippen LogP) is 3.88. The van der Waals surface area contributed by atoms with Gasteiger partial charge in [-0.3, -0.25) is 0 Å². The Kier molecular flexibility index (Phi) is 8.14. The highest BCUT2D eigenvalue weighted by Gasteiger charge is 2.03. The fourth-order valence-electron chi connectivity index (χ4n) is 1.71. The average Bonchev–Trinajstić information content (AvgIpc) is 2.42. The van der Waals surface area contributed by atoms with Crippen LogP contribution in [0.4, 0.5) is 0 Å². The quantitative estimate of drug-likeness (QED) is 0.542. The molecule has 0 heterocycles. The van der Waals surface area contributed by atoms with Gasteiger partial charge in [-0.1, -0.05) is 25.5 Å². The van der Waals surface area contributed by atoms with E-state index >= 15 is 0 Å². The summed E-state index contributed by atoms with van der Waals surface area (Å²) in [6, 6.07) is 9.13. The molecule has 18 heavy (non-hydrogen) atoms. The summed E-state index contributed by atoms with van der Waals surface area (Å²) in [4.78, 5) is 1.31. The molecule has 1 aromatic rings. The second kappa shape index (κ2) is 9.42. The van der Waals surface area contributed by atoms with E-state index in [9.17, 15) is 0 Å². The number of hydrogen-bond donors (Lipinski definition) is 1. The number of hydrogen-bond acceptors (Lipinski definition) is 3. The maximum atomic E-state index is 5.53. The van der Waals surface area contributed by atoms with Gasteiger partial charge in [-0.2, -0.15) is 0 Å². The van der Waals surface area contributed by atoms with Crippen LogP contribution in [0.3, 0.4) is 0 Å². The van der Waals surface area contributed by atoms with Crippen LogP contribution in [-0.4, -0.2) is 26.0 Å². The SMILES string of the molecule is CCCCOCCNC(C)c1ccc(SC)cc1. The molecule has 0 amide bonds. The first-order chi connectivity index (χ1) is 8.77. The summed E-state index contributed by atoms with van der Waals surface area (Å²) in [6.45, 7) is 6.97. The Bertz CT molecular complexity index is 313. The van der Waals surface area contributed by atoms with E-state index in [1.54, 1.807) is 11.8 Å². The minimum absolute atomic E-state index is 0.385. The summed E-state index contributed by atoms with van der Waals surface area (Å²) in [6.07, 6.45) is 4.46. The predicted molar refractivity (Wildman–Crippen MR) is 80.4 cm³/mol. The first-order valence-electron chi connectivity index (χ1n) is 6.73. The van der Waals surface area contributed by atoms with Crippen molar-refractivity contribution in [2.75, 3.05) is 26.0 Å². The van der Waals surface area contributed by atoms with E-state index in [2.05, 4.69) is 49.7 Å². The molecule has 1 unspecified atom stereocenters. The van der Waals surface area contributed by atoms with Gasteiger partial charge in [-0.25, -0.2) is 0 Å². The second-order valence-electron chi connectivity index (χ2n) is 4.41. The number of unbranched alkanes of at least 4 members (excludes halogenated alkanes) is 1. The van der Waals surface area contributed by atoms with Crippen LogP contribution in [0.15, 0.2) is 29.2 Å². The highest BCUT2D eigenvalue weighted by molar-refractivity contribution is 7.98. The van der Waals surface area contributed by atoms with Gasteiger partial charge in [-0.15, -0.1) is 11.8 Å². The monoisotopic (exact) mass is 267 g/mol. The van der Waals surface area contributed by atoms with Crippen LogP contribution < -0.4 is 5.32 Å². The molecule has 0 radical (unpaired) electrons. The molecular formula is C15H25NOS. The van der Waals surface area contributed by atoms with E-state index in [1.165, 1.54) is 16.9 Å². The zero-order valence-corrected chi connectivity index (χ0v) is 12.6. The normalized spacial score (nSPS) is 12.6. The Hall–Kier alpha value is -0.510. The molecule has 0 bridgehead atoms. The summed E-state index contributed by atoms with van der Waals surface area (Å²) >= 11 is 1.78.